The number of rotatable bonds is 4. The number of halogens is 1. The maximum atomic E-state index is 13.3. The van der Waals surface area contributed by atoms with E-state index in [0.29, 0.717) is 13.0 Å². The molecule has 1 heterocycles. The van der Waals surface area contributed by atoms with Gasteiger partial charge in [-0.2, -0.15) is 0 Å². The zero-order chi connectivity index (χ0) is 14.9. The number of sulfonamides is 1. The first-order chi connectivity index (χ1) is 9.31. The number of nitrogens with one attached hydrogen (secondary N) is 1. The van der Waals surface area contributed by atoms with E-state index >= 15 is 0 Å². The molecule has 0 aromatic heterocycles. The number of carboxylic acids is 1. The number of aromatic carboxylic acids is 1. The van der Waals surface area contributed by atoms with E-state index in [1.165, 1.54) is 0 Å². The highest BCUT2D eigenvalue weighted by molar-refractivity contribution is 7.89. The fourth-order valence-electron chi connectivity index (χ4n) is 1.99. The van der Waals surface area contributed by atoms with Crippen molar-refractivity contribution in [2.75, 3.05) is 6.61 Å². The normalized spacial score (nSPS) is 22.9. The topological polar surface area (TPSA) is 92.7 Å². The average molecular weight is 303 g/mol. The molecular weight excluding hydrogens is 289 g/mol. The van der Waals surface area contributed by atoms with Gasteiger partial charge in [-0.25, -0.2) is 22.3 Å². The molecule has 1 aromatic rings. The van der Waals surface area contributed by atoms with Crippen molar-refractivity contribution < 1.29 is 27.4 Å². The molecule has 20 heavy (non-hydrogen) atoms. The van der Waals surface area contributed by atoms with Crippen molar-refractivity contribution in [1.29, 1.82) is 0 Å². The number of ether oxygens (including phenoxy) is 1. The molecule has 1 aliphatic rings. The molecule has 2 atom stereocenters. The van der Waals surface area contributed by atoms with Gasteiger partial charge >= 0.3 is 5.97 Å². The Morgan fingerprint density at radius 3 is 2.75 bits per heavy atom. The highest BCUT2D eigenvalue weighted by atomic mass is 32.2. The average Bonchev–Trinajstić information content (AvgIpc) is 2.74. The van der Waals surface area contributed by atoms with Crippen LogP contribution in [-0.4, -0.2) is 38.2 Å². The van der Waals surface area contributed by atoms with Crippen molar-refractivity contribution in [3.8, 4) is 0 Å². The summed E-state index contributed by atoms with van der Waals surface area (Å²) in [5, 5.41) is 8.81. The van der Waals surface area contributed by atoms with E-state index in [9.17, 15) is 17.6 Å². The van der Waals surface area contributed by atoms with Crippen molar-refractivity contribution >= 4 is 16.0 Å². The fraction of sp³-hybridized carbons (Fsp3) is 0.417. The Kier molecular flexibility index (Phi) is 4.07. The van der Waals surface area contributed by atoms with Crippen molar-refractivity contribution in [2.24, 2.45) is 0 Å². The lowest BCUT2D eigenvalue weighted by Gasteiger charge is -2.16. The highest BCUT2D eigenvalue weighted by Gasteiger charge is 2.29. The van der Waals surface area contributed by atoms with Crippen LogP contribution in [0.3, 0.4) is 0 Å². The lowest BCUT2D eigenvalue weighted by molar-refractivity contribution is 0.0691. The van der Waals surface area contributed by atoms with E-state index in [0.717, 1.165) is 18.2 Å². The van der Waals surface area contributed by atoms with Gasteiger partial charge in [0.05, 0.1) is 22.6 Å². The standard InChI is InChI=1S/C12H14FNO5S/c1-7-11(4-5-19-7)14-20(17,18)8-2-3-10(13)9(6-8)12(15)16/h2-3,6-7,11,14H,4-5H2,1H3,(H,15,16). The number of carboxylic acid groups (broad SMARTS) is 1. The molecule has 0 radical (unpaired) electrons. The SMILES string of the molecule is CC1OCCC1NS(=O)(=O)c1ccc(F)c(C(=O)O)c1. The maximum Gasteiger partial charge on any atom is 0.338 e. The molecule has 1 aromatic carbocycles. The third-order valence-electron chi connectivity index (χ3n) is 3.16. The zero-order valence-corrected chi connectivity index (χ0v) is 11.5. The molecule has 0 saturated carbocycles. The second-order valence-electron chi connectivity index (χ2n) is 4.54. The first kappa shape index (κ1) is 14.9. The maximum absolute atomic E-state index is 13.3. The monoisotopic (exact) mass is 303 g/mol. The van der Waals surface area contributed by atoms with Gasteiger partial charge in [0, 0.05) is 6.61 Å². The summed E-state index contributed by atoms with van der Waals surface area (Å²) in [6.45, 7) is 2.20. The highest BCUT2D eigenvalue weighted by Crippen LogP contribution is 2.19. The summed E-state index contributed by atoms with van der Waals surface area (Å²) in [5.74, 6) is -2.49. The van der Waals surface area contributed by atoms with Crippen molar-refractivity contribution in [3.05, 3.63) is 29.6 Å². The van der Waals surface area contributed by atoms with E-state index < -0.39 is 27.4 Å². The summed E-state index contributed by atoms with van der Waals surface area (Å²) in [6.07, 6.45) is 0.275. The second-order valence-corrected chi connectivity index (χ2v) is 6.25. The number of benzene rings is 1. The summed E-state index contributed by atoms with van der Waals surface area (Å²) >= 11 is 0. The van der Waals surface area contributed by atoms with E-state index in [1.54, 1.807) is 6.92 Å². The van der Waals surface area contributed by atoms with Crippen LogP contribution in [0.2, 0.25) is 0 Å². The van der Waals surface area contributed by atoms with Crippen LogP contribution < -0.4 is 4.72 Å². The van der Waals surface area contributed by atoms with Crippen LogP contribution in [0.1, 0.15) is 23.7 Å². The Balaban J connectivity index is 2.30. The number of carbonyl (C=O) groups is 1. The first-order valence-electron chi connectivity index (χ1n) is 5.98. The Labute approximate surface area is 115 Å². The lowest BCUT2D eigenvalue weighted by Crippen LogP contribution is -2.39. The van der Waals surface area contributed by atoms with Crippen LogP contribution >= 0.6 is 0 Å². The van der Waals surface area contributed by atoms with Gasteiger partial charge in [0.25, 0.3) is 0 Å². The van der Waals surface area contributed by atoms with E-state index in [1.807, 2.05) is 0 Å². The third-order valence-corrected chi connectivity index (χ3v) is 4.65. The summed E-state index contributed by atoms with van der Waals surface area (Å²) in [6, 6.07) is 2.29. The van der Waals surface area contributed by atoms with Crippen LogP contribution in [0.15, 0.2) is 23.1 Å². The molecule has 6 nitrogen and oxygen atoms in total. The first-order valence-corrected chi connectivity index (χ1v) is 7.46. The second kappa shape index (κ2) is 5.47. The molecule has 0 spiro atoms. The Hall–Kier alpha value is -1.51. The quantitative estimate of drug-likeness (QED) is 0.865. The summed E-state index contributed by atoms with van der Waals surface area (Å²) < 4.78 is 45.2. The third kappa shape index (κ3) is 2.97. The minimum absolute atomic E-state index is 0.260. The lowest BCUT2D eigenvalue weighted by atomic mass is 10.2. The molecular formula is C12H14FNO5S. The van der Waals surface area contributed by atoms with Gasteiger partial charge in [-0.15, -0.1) is 0 Å². The van der Waals surface area contributed by atoms with Gasteiger partial charge in [-0.05, 0) is 31.5 Å². The van der Waals surface area contributed by atoms with Crippen molar-refractivity contribution in [1.82, 2.24) is 4.72 Å². The van der Waals surface area contributed by atoms with E-state index in [2.05, 4.69) is 4.72 Å². The molecule has 2 N–H and O–H groups in total. The minimum atomic E-state index is -3.91. The number of hydrogen-bond donors (Lipinski definition) is 2. The smallest absolute Gasteiger partial charge is 0.338 e. The molecule has 2 rings (SSSR count). The summed E-state index contributed by atoms with van der Waals surface area (Å²) in [7, 11) is -3.91. The van der Waals surface area contributed by atoms with Gasteiger partial charge in [0.2, 0.25) is 10.0 Å². The van der Waals surface area contributed by atoms with E-state index in [4.69, 9.17) is 9.84 Å². The van der Waals surface area contributed by atoms with E-state index in [-0.39, 0.29) is 17.0 Å². The predicted octanol–water partition coefficient (Wildman–Crippen LogP) is 0.980. The fourth-order valence-corrected chi connectivity index (χ4v) is 3.35. The molecule has 110 valence electrons. The Morgan fingerprint density at radius 2 is 2.20 bits per heavy atom. The van der Waals surface area contributed by atoms with Crippen LogP contribution in [-0.2, 0) is 14.8 Å². The summed E-state index contributed by atoms with van der Waals surface area (Å²) in [4.78, 5) is 10.5. The molecule has 1 fully saturated rings. The Morgan fingerprint density at radius 1 is 1.50 bits per heavy atom. The van der Waals surface area contributed by atoms with Crippen LogP contribution in [0.4, 0.5) is 4.39 Å². The van der Waals surface area contributed by atoms with Gasteiger partial charge in [0.1, 0.15) is 5.82 Å². The molecule has 2 unspecified atom stereocenters. The van der Waals surface area contributed by atoms with Gasteiger partial charge in [-0.1, -0.05) is 0 Å². The molecule has 1 saturated heterocycles. The molecule has 8 heteroatoms. The molecule has 0 amide bonds. The number of hydrogen-bond acceptors (Lipinski definition) is 4. The summed E-state index contributed by atoms with van der Waals surface area (Å²) in [5.41, 5.74) is -0.677. The van der Waals surface area contributed by atoms with Crippen molar-refractivity contribution in [2.45, 2.75) is 30.4 Å². The Bertz CT molecular complexity index is 631. The van der Waals surface area contributed by atoms with Gasteiger partial charge in [0.15, 0.2) is 0 Å². The van der Waals surface area contributed by atoms with Gasteiger partial charge < -0.3 is 9.84 Å². The predicted molar refractivity (Wildman–Crippen MR) is 67.5 cm³/mol. The molecule has 0 aliphatic carbocycles. The van der Waals surface area contributed by atoms with Crippen LogP contribution in [0.25, 0.3) is 0 Å². The van der Waals surface area contributed by atoms with Crippen LogP contribution in [0, 0.1) is 5.82 Å². The largest absolute Gasteiger partial charge is 0.478 e. The molecule has 1 aliphatic heterocycles. The van der Waals surface area contributed by atoms with Crippen molar-refractivity contribution in [3.63, 3.8) is 0 Å². The van der Waals surface area contributed by atoms with Crippen LogP contribution in [0.5, 0.6) is 0 Å². The zero-order valence-electron chi connectivity index (χ0n) is 10.7. The van der Waals surface area contributed by atoms with Gasteiger partial charge in [-0.3, -0.25) is 0 Å². The minimum Gasteiger partial charge on any atom is -0.478 e. The molecule has 0 bridgehead atoms.